The zero-order valence-electron chi connectivity index (χ0n) is 16.4. The molecule has 3 rings (SSSR count). The van der Waals surface area contributed by atoms with E-state index in [0.29, 0.717) is 28.3 Å². The second kappa shape index (κ2) is 9.73. The number of nitrogens with zero attached hydrogens (tertiary/aromatic N) is 3. The fraction of sp³-hybridized carbons (Fsp3) is 0.500. The van der Waals surface area contributed by atoms with Gasteiger partial charge in [-0.25, -0.2) is 0 Å². The summed E-state index contributed by atoms with van der Waals surface area (Å²) in [5.41, 5.74) is 0.602. The summed E-state index contributed by atoms with van der Waals surface area (Å²) < 4.78 is 1.83. The maximum atomic E-state index is 12.3. The lowest BCUT2D eigenvalue weighted by Gasteiger charge is -2.22. The highest BCUT2D eigenvalue weighted by molar-refractivity contribution is 7.99. The van der Waals surface area contributed by atoms with Gasteiger partial charge in [-0.2, -0.15) is 0 Å². The van der Waals surface area contributed by atoms with Gasteiger partial charge in [0, 0.05) is 18.7 Å². The van der Waals surface area contributed by atoms with Crippen LogP contribution in [0.4, 0.5) is 0 Å². The van der Waals surface area contributed by atoms with Gasteiger partial charge >= 0.3 is 0 Å². The Kier molecular flexibility index (Phi) is 7.08. The second-order valence-corrected chi connectivity index (χ2v) is 8.09. The minimum Gasteiger partial charge on any atom is -0.353 e. The predicted octanol–water partition coefficient (Wildman–Crippen LogP) is 2.85. The smallest absolute Gasteiger partial charge is 0.251 e. The second-order valence-electron chi connectivity index (χ2n) is 7.15. The van der Waals surface area contributed by atoms with Crippen molar-refractivity contribution in [3.05, 3.63) is 41.7 Å². The van der Waals surface area contributed by atoms with Gasteiger partial charge in [-0.1, -0.05) is 49.2 Å². The molecule has 1 atom stereocenters. The first-order chi connectivity index (χ1) is 13.5. The van der Waals surface area contributed by atoms with Gasteiger partial charge in [0.1, 0.15) is 0 Å². The Morgan fingerprint density at radius 2 is 1.89 bits per heavy atom. The lowest BCUT2D eigenvalue weighted by molar-refractivity contribution is -0.119. The zero-order chi connectivity index (χ0) is 19.9. The van der Waals surface area contributed by atoms with Gasteiger partial charge in [-0.3, -0.25) is 9.59 Å². The van der Waals surface area contributed by atoms with Crippen LogP contribution >= 0.6 is 11.8 Å². The molecule has 1 saturated carbocycles. The number of hydrogen-bond acceptors (Lipinski definition) is 5. The monoisotopic (exact) mass is 401 g/mol. The average Bonchev–Trinajstić information content (AvgIpc) is 3.08. The molecular formula is C20H27N5O2S. The van der Waals surface area contributed by atoms with E-state index in [9.17, 15) is 9.59 Å². The van der Waals surface area contributed by atoms with Crippen LogP contribution < -0.4 is 10.6 Å². The van der Waals surface area contributed by atoms with Crippen LogP contribution in [0.5, 0.6) is 0 Å². The number of rotatable bonds is 7. The van der Waals surface area contributed by atoms with Crippen LogP contribution in [0, 0.1) is 0 Å². The molecule has 2 N–H and O–H groups in total. The van der Waals surface area contributed by atoms with Gasteiger partial charge in [0.25, 0.3) is 5.91 Å². The number of carbonyl (C=O) groups is 2. The van der Waals surface area contributed by atoms with E-state index in [1.807, 2.05) is 36.7 Å². The first-order valence-electron chi connectivity index (χ1n) is 9.72. The van der Waals surface area contributed by atoms with E-state index in [4.69, 9.17) is 0 Å². The number of aromatic nitrogens is 3. The molecule has 2 aromatic rings. The van der Waals surface area contributed by atoms with Crippen molar-refractivity contribution in [2.75, 3.05) is 5.75 Å². The molecule has 1 aliphatic rings. The molecule has 0 spiro atoms. The fourth-order valence-corrected chi connectivity index (χ4v) is 4.14. The molecule has 1 aromatic carbocycles. The van der Waals surface area contributed by atoms with Crippen LogP contribution in [-0.2, 0) is 11.8 Å². The minimum absolute atomic E-state index is 0.0341. The van der Waals surface area contributed by atoms with E-state index in [1.165, 1.54) is 31.0 Å². The predicted molar refractivity (Wildman–Crippen MR) is 109 cm³/mol. The molecule has 1 fully saturated rings. The normalized spacial score (nSPS) is 15.8. The van der Waals surface area contributed by atoms with Gasteiger partial charge in [-0.05, 0) is 31.9 Å². The number of hydrogen-bond donors (Lipinski definition) is 2. The molecule has 150 valence electrons. The summed E-state index contributed by atoms with van der Waals surface area (Å²) in [6, 6.07) is 9.08. The molecule has 0 unspecified atom stereocenters. The van der Waals surface area contributed by atoms with Crippen molar-refractivity contribution >= 4 is 23.6 Å². The molecule has 0 bridgehead atoms. The van der Waals surface area contributed by atoms with Crippen LogP contribution in [0.15, 0.2) is 35.5 Å². The summed E-state index contributed by atoms with van der Waals surface area (Å²) in [4.78, 5) is 24.5. The third-order valence-corrected chi connectivity index (χ3v) is 5.96. The topological polar surface area (TPSA) is 88.9 Å². The SMILES string of the molecule is C[C@H](NC(=O)c1ccccc1)c1nnc(SCC(=O)NC2CCCCC2)n1C. The number of thioether (sulfide) groups is 1. The van der Waals surface area contributed by atoms with Crippen molar-refractivity contribution in [2.45, 2.75) is 56.3 Å². The highest BCUT2D eigenvalue weighted by Gasteiger charge is 2.20. The first-order valence-corrected chi connectivity index (χ1v) is 10.7. The summed E-state index contributed by atoms with van der Waals surface area (Å²) >= 11 is 1.36. The van der Waals surface area contributed by atoms with Gasteiger partial charge in [-0.15, -0.1) is 10.2 Å². The van der Waals surface area contributed by atoms with E-state index < -0.39 is 0 Å². The molecule has 0 radical (unpaired) electrons. The molecule has 2 amide bonds. The number of carbonyl (C=O) groups excluding carboxylic acids is 2. The number of amides is 2. The molecule has 1 aliphatic carbocycles. The Hall–Kier alpha value is -2.35. The van der Waals surface area contributed by atoms with Gasteiger partial charge < -0.3 is 15.2 Å². The Balaban J connectivity index is 1.52. The molecule has 1 aromatic heterocycles. The van der Waals surface area contributed by atoms with Crippen molar-refractivity contribution in [2.24, 2.45) is 7.05 Å². The number of benzene rings is 1. The summed E-state index contributed by atoms with van der Waals surface area (Å²) in [6.45, 7) is 1.87. The first kappa shape index (κ1) is 20.4. The van der Waals surface area contributed by atoms with Crippen LogP contribution in [0.2, 0.25) is 0 Å². The number of nitrogens with one attached hydrogen (secondary N) is 2. The van der Waals surface area contributed by atoms with Crippen LogP contribution in [0.3, 0.4) is 0 Å². The lowest BCUT2D eigenvalue weighted by atomic mass is 9.95. The van der Waals surface area contributed by atoms with Crippen molar-refractivity contribution in [3.8, 4) is 0 Å². The van der Waals surface area contributed by atoms with Gasteiger partial charge in [0.2, 0.25) is 5.91 Å². The van der Waals surface area contributed by atoms with Crippen LogP contribution in [0.25, 0.3) is 0 Å². The lowest BCUT2D eigenvalue weighted by Crippen LogP contribution is -2.37. The molecule has 0 aliphatic heterocycles. The van der Waals surface area contributed by atoms with E-state index in [0.717, 1.165) is 12.8 Å². The molecule has 1 heterocycles. The van der Waals surface area contributed by atoms with Crippen molar-refractivity contribution in [3.63, 3.8) is 0 Å². The molecule has 0 saturated heterocycles. The molecular weight excluding hydrogens is 374 g/mol. The fourth-order valence-electron chi connectivity index (χ4n) is 3.41. The third kappa shape index (κ3) is 5.34. The highest BCUT2D eigenvalue weighted by Crippen LogP contribution is 2.20. The quantitative estimate of drug-likeness (QED) is 0.697. The van der Waals surface area contributed by atoms with Crippen molar-refractivity contribution in [1.82, 2.24) is 25.4 Å². The van der Waals surface area contributed by atoms with Crippen molar-refractivity contribution < 1.29 is 9.59 Å². The van der Waals surface area contributed by atoms with E-state index in [2.05, 4.69) is 20.8 Å². The Bertz CT molecular complexity index is 802. The maximum absolute atomic E-state index is 12.3. The summed E-state index contributed by atoms with van der Waals surface area (Å²) in [6.07, 6.45) is 5.79. The Morgan fingerprint density at radius 1 is 1.18 bits per heavy atom. The third-order valence-electron chi connectivity index (χ3n) is 4.94. The van der Waals surface area contributed by atoms with Gasteiger partial charge in [0.15, 0.2) is 11.0 Å². The highest BCUT2D eigenvalue weighted by atomic mass is 32.2. The van der Waals surface area contributed by atoms with Crippen molar-refractivity contribution in [1.29, 1.82) is 0 Å². The minimum atomic E-state index is -0.296. The van der Waals surface area contributed by atoms with Crippen LogP contribution in [-0.4, -0.2) is 38.4 Å². The van der Waals surface area contributed by atoms with Gasteiger partial charge in [0.05, 0.1) is 11.8 Å². The molecule has 7 nitrogen and oxygen atoms in total. The largest absolute Gasteiger partial charge is 0.353 e. The summed E-state index contributed by atoms with van der Waals surface area (Å²) in [5.74, 6) is 0.844. The standard InChI is InChI=1S/C20H27N5O2S/c1-14(21-19(27)15-9-5-3-6-10-15)18-23-24-20(25(18)2)28-13-17(26)22-16-11-7-4-8-12-16/h3,5-6,9-10,14,16H,4,7-8,11-13H2,1-2H3,(H,21,27)(H,22,26)/t14-/m0/s1. The Labute approximate surface area is 169 Å². The van der Waals surface area contributed by atoms with Crippen LogP contribution in [0.1, 0.15) is 61.3 Å². The average molecular weight is 402 g/mol. The molecule has 28 heavy (non-hydrogen) atoms. The maximum Gasteiger partial charge on any atom is 0.251 e. The zero-order valence-corrected chi connectivity index (χ0v) is 17.2. The van der Waals surface area contributed by atoms with E-state index in [1.54, 1.807) is 12.1 Å². The summed E-state index contributed by atoms with van der Waals surface area (Å²) in [7, 11) is 1.85. The molecule has 8 heteroatoms. The van der Waals surface area contributed by atoms with E-state index in [-0.39, 0.29) is 17.9 Å². The summed E-state index contributed by atoms with van der Waals surface area (Å²) in [5, 5.41) is 15.1. The van der Waals surface area contributed by atoms with E-state index >= 15 is 0 Å². The Morgan fingerprint density at radius 3 is 2.61 bits per heavy atom.